The maximum atomic E-state index is 5.99. The van der Waals surface area contributed by atoms with Crippen LogP contribution in [0.3, 0.4) is 0 Å². The molecule has 0 saturated carbocycles. The molecule has 0 unspecified atom stereocenters. The summed E-state index contributed by atoms with van der Waals surface area (Å²) in [5.74, 6) is 0.889. The van der Waals surface area contributed by atoms with Crippen molar-refractivity contribution in [3.63, 3.8) is 0 Å². The van der Waals surface area contributed by atoms with Crippen molar-refractivity contribution in [2.24, 2.45) is 5.73 Å². The molecule has 5 heteroatoms. The van der Waals surface area contributed by atoms with E-state index in [1.807, 2.05) is 22.6 Å². The number of pyridine rings is 1. The second kappa shape index (κ2) is 3.88. The van der Waals surface area contributed by atoms with Crippen LogP contribution in [0.15, 0.2) is 22.8 Å². The lowest BCUT2D eigenvalue weighted by atomic mass is 10.4. The van der Waals surface area contributed by atoms with E-state index in [-0.39, 0.29) is 0 Å². The third-order valence-corrected chi connectivity index (χ3v) is 2.90. The number of aromatic nitrogens is 2. The fourth-order valence-electron chi connectivity index (χ4n) is 1.42. The van der Waals surface area contributed by atoms with Crippen molar-refractivity contribution < 1.29 is 0 Å². The summed E-state index contributed by atoms with van der Waals surface area (Å²) in [6.07, 6.45) is 0.719. The van der Waals surface area contributed by atoms with E-state index in [1.165, 1.54) is 0 Å². The molecule has 0 fully saturated rings. The monoisotopic (exact) mass is 273 g/mol. The highest BCUT2D eigenvalue weighted by Gasteiger charge is 2.09. The Morgan fingerprint density at radius 3 is 3.00 bits per heavy atom. The fourth-order valence-corrected chi connectivity index (χ4v) is 2.22. The number of hydrogen-bond acceptors (Lipinski definition) is 2. The average Bonchev–Trinajstić information content (AvgIpc) is 2.46. The van der Waals surface area contributed by atoms with Crippen molar-refractivity contribution >= 4 is 33.0 Å². The Hall–Kier alpha value is -0.580. The number of fused-ring (bicyclic) bond motifs is 1. The van der Waals surface area contributed by atoms with Crippen LogP contribution in [0.2, 0.25) is 5.15 Å². The van der Waals surface area contributed by atoms with E-state index < -0.39 is 0 Å². The molecule has 0 aliphatic heterocycles. The average molecular weight is 275 g/mol. The van der Waals surface area contributed by atoms with Crippen molar-refractivity contribution in [1.29, 1.82) is 0 Å². The van der Waals surface area contributed by atoms with Gasteiger partial charge in [0.2, 0.25) is 0 Å². The fraction of sp³-hybridized carbons (Fsp3) is 0.222. The van der Waals surface area contributed by atoms with Crippen molar-refractivity contribution in [2.75, 3.05) is 6.54 Å². The Kier molecular flexibility index (Phi) is 2.76. The van der Waals surface area contributed by atoms with Crippen molar-refractivity contribution in [1.82, 2.24) is 9.38 Å². The van der Waals surface area contributed by atoms with Gasteiger partial charge in [-0.05, 0) is 34.6 Å². The summed E-state index contributed by atoms with van der Waals surface area (Å²) in [7, 11) is 0. The van der Waals surface area contributed by atoms with E-state index in [0.29, 0.717) is 11.7 Å². The molecule has 0 radical (unpaired) electrons. The molecule has 0 atom stereocenters. The third kappa shape index (κ3) is 1.54. The van der Waals surface area contributed by atoms with Gasteiger partial charge in [-0.15, -0.1) is 0 Å². The Balaban J connectivity index is 2.72. The smallest absolute Gasteiger partial charge is 0.155 e. The molecule has 0 aliphatic carbocycles. The van der Waals surface area contributed by atoms with E-state index in [2.05, 4.69) is 20.9 Å². The normalized spacial score (nSPS) is 11.1. The first-order valence-corrected chi connectivity index (χ1v) is 5.42. The van der Waals surface area contributed by atoms with Gasteiger partial charge in [0, 0.05) is 6.42 Å². The molecule has 0 aliphatic rings. The molecule has 14 heavy (non-hydrogen) atoms. The van der Waals surface area contributed by atoms with Crippen LogP contribution in [0.5, 0.6) is 0 Å². The zero-order chi connectivity index (χ0) is 10.1. The zero-order valence-corrected chi connectivity index (χ0v) is 9.72. The van der Waals surface area contributed by atoms with Crippen LogP contribution in [-0.4, -0.2) is 15.9 Å². The minimum absolute atomic E-state index is 0.523. The van der Waals surface area contributed by atoms with Gasteiger partial charge >= 0.3 is 0 Å². The van der Waals surface area contributed by atoms with Gasteiger partial charge < -0.3 is 5.73 Å². The highest BCUT2D eigenvalue weighted by molar-refractivity contribution is 9.10. The highest BCUT2D eigenvalue weighted by atomic mass is 79.9. The minimum atomic E-state index is 0.523. The second-order valence-corrected chi connectivity index (χ2v) is 4.10. The van der Waals surface area contributed by atoms with Gasteiger partial charge in [-0.25, -0.2) is 4.98 Å². The van der Waals surface area contributed by atoms with Gasteiger partial charge in [0.1, 0.15) is 5.82 Å². The first-order chi connectivity index (χ1) is 6.74. The molecule has 0 saturated heterocycles. The van der Waals surface area contributed by atoms with E-state index in [9.17, 15) is 0 Å². The van der Waals surface area contributed by atoms with Gasteiger partial charge in [-0.2, -0.15) is 0 Å². The molecular formula is C9H9BrClN3. The number of nitrogens with two attached hydrogens (primary N) is 1. The molecule has 2 aromatic heterocycles. The lowest BCUT2D eigenvalue weighted by Gasteiger charge is -2.01. The number of nitrogens with zero attached hydrogens (tertiary/aromatic N) is 2. The Morgan fingerprint density at radius 1 is 1.50 bits per heavy atom. The molecule has 0 bridgehead atoms. The molecule has 0 aromatic carbocycles. The van der Waals surface area contributed by atoms with Gasteiger partial charge in [0.05, 0.1) is 10.1 Å². The van der Waals surface area contributed by atoms with Crippen molar-refractivity contribution in [2.45, 2.75) is 6.42 Å². The van der Waals surface area contributed by atoms with Gasteiger partial charge in [0.15, 0.2) is 5.15 Å². The molecule has 2 rings (SSSR count). The lowest BCUT2D eigenvalue weighted by Crippen LogP contribution is -2.06. The quantitative estimate of drug-likeness (QED) is 0.854. The summed E-state index contributed by atoms with van der Waals surface area (Å²) < 4.78 is 2.91. The molecule has 74 valence electrons. The van der Waals surface area contributed by atoms with E-state index in [4.69, 9.17) is 17.3 Å². The molecule has 3 nitrogen and oxygen atoms in total. The van der Waals surface area contributed by atoms with Crippen LogP contribution in [0.25, 0.3) is 5.52 Å². The zero-order valence-electron chi connectivity index (χ0n) is 7.37. The Bertz CT molecular complexity index is 466. The largest absolute Gasteiger partial charge is 0.330 e. The number of rotatable bonds is 2. The van der Waals surface area contributed by atoms with Crippen molar-refractivity contribution in [3.8, 4) is 0 Å². The summed E-state index contributed by atoms with van der Waals surface area (Å²) >= 11 is 9.45. The molecule has 0 amide bonds. The van der Waals surface area contributed by atoms with Gasteiger partial charge in [-0.3, -0.25) is 4.40 Å². The number of hydrogen-bond donors (Lipinski definition) is 1. The maximum Gasteiger partial charge on any atom is 0.155 e. The van der Waals surface area contributed by atoms with E-state index in [1.54, 1.807) is 0 Å². The van der Waals surface area contributed by atoms with Crippen LogP contribution >= 0.6 is 27.5 Å². The predicted molar refractivity (Wildman–Crippen MR) is 60.7 cm³/mol. The molecule has 2 aromatic rings. The molecule has 2 N–H and O–H groups in total. The topological polar surface area (TPSA) is 43.3 Å². The summed E-state index contributed by atoms with van der Waals surface area (Å²) in [5.41, 5.74) is 6.41. The second-order valence-electron chi connectivity index (χ2n) is 2.93. The SMILES string of the molecule is NCCc1nc(Cl)c2cccc(Br)n12. The van der Waals surface area contributed by atoms with Gasteiger partial charge in [0.25, 0.3) is 0 Å². The van der Waals surface area contributed by atoms with E-state index in [0.717, 1.165) is 22.4 Å². The summed E-state index contributed by atoms with van der Waals surface area (Å²) in [5, 5.41) is 0.523. The summed E-state index contributed by atoms with van der Waals surface area (Å²) in [6, 6.07) is 5.81. The van der Waals surface area contributed by atoms with Gasteiger partial charge in [-0.1, -0.05) is 17.7 Å². The summed E-state index contributed by atoms with van der Waals surface area (Å²) in [4.78, 5) is 4.26. The number of halogens is 2. The first kappa shape index (κ1) is 9.96. The van der Waals surface area contributed by atoms with Crippen LogP contribution in [0.1, 0.15) is 5.82 Å². The lowest BCUT2D eigenvalue weighted by molar-refractivity contribution is 0.855. The van der Waals surface area contributed by atoms with Crippen LogP contribution < -0.4 is 5.73 Å². The highest BCUT2D eigenvalue weighted by Crippen LogP contribution is 2.22. The predicted octanol–water partition coefficient (Wildman–Crippen LogP) is 2.25. The Morgan fingerprint density at radius 2 is 2.29 bits per heavy atom. The van der Waals surface area contributed by atoms with Crippen LogP contribution in [0.4, 0.5) is 0 Å². The van der Waals surface area contributed by atoms with Crippen molar-refractivity contribution in [3.05, 3.63) is 33.8 Å². The standard InChI is InChI=1S/C9H9BrClN3/c10-7-3-1-2-6-9(11)13-8(4-5-12)14(6)7/h1-3H,4-5,12H2. The number of imidazole rings is 1. The third-order valence-electron chi connectivity index (χ3n) is 2.01. The molecule has 2 heterocycles. The minimum Gasteiger partial charge on any atom is -0.330 e. The first-order valence-electron chi connectivity index (χ1n) is 4.25. The summed E-state index contributed by atoms with van der Waals surface area (Å²) in [6.45, 7) is 0.566. The van der Waals surface area contributed by atoms with E-state index >= 15 is 0 Å². The molecular weight excluding hydrogens is 265 g/mol. The Labute approximate surface area is 95.0 Å². The molecule has 0 spiro atoms. The maximum absolute atomic E-state index is 5.99. The van der Waals surface area contributed by atoms with Crippen LogP contribution in [0, 0.1) is 0 Å². The van der Waals surface area contributed by atoms with Crippen LogP contribution in [-0.2, 0) is 6.42 Å².